The van der Waals surface area contributed by atoms with Crippen molar-refractivity contribution in [2.24, 2.45) is 0 Å². The lowest BCUT2D eigenvalue weighted by Gasteiger charge is -2.21. The summed E-state index contributed by atoms with van der Waals surface area (Å²) in [6.45, 7) is 0.630. The van der Waals surface area contributed by atoms with E-state index in [2.05, 4.69) is 10.3 Å². The molecule has 1 aliphatic carbocycles. The molecule has 1 fully saturated rings. The Morgan fingerprint density at radius 1 is 1.33 bits per heavy atom. The molecule has 2 rings (SSSR count). The SMILES string of the molecule is O=C(COC1CCCCC1)NCc1ccccn1. The highest BCUT2D eigenvalue weighted by atomic mass is 16.5. The van der Waals surface area contributed by atoms with E-state index in [4.69, 9.17) is 4.74 Å². The van der Waals surface area contributed by atoms with Crippen molar-refractivity contribution in [2.45, 2.75) is 44.8 Å². The number of rotatable bonds is 5. The number of hydrogen-bond acceptors (Lipinski definition) is 3. The van der Waals surface area contributed by atoms with E-state index in [0.29, 0.717) is 6.54 Å². The molecule has 1 amide bonds. The van der Waals surface area contributed by atoms with E-state index in [1.165, 1.54) is 19.3 Å². The number of aromatic nitrogens is 1. The molecule has 0 spiro atoms. The van der Waals surface area contributed by atoms with Crippen LogP contribution >= 0.6 is 0 Å². The average molecular weight is 248 g/mol. The number of ether oxygens (including phenoxy) is 1. The van der Waals surface area contributed by atoms with Crippen molar-refractivity contribution >= 4 is 5.91 Å². The van der Waals surface area contributed by atoms with E-state index in [1.807, 2.05) is 18.2 Å². The molecule has 0 aromatic carbocycles. The number of pyridine rings is 1. The zero-order chi connectivity index (χ0) is 12.6. The van der Waals surface area contributed by atoms with Crippen molar-refractivity contribution in [3.63, 3.8) is 0 Å². The molecule has 18 heavy (non-hydrogen) atoms. The van der Waals surface area contributed by atoms with Crippen LogP contribution in [0.25, 0.3) is 0 Å². The molecule has 0 atom stereocenters. The van der Waals surface area contributed by atoms with Gasteiger partial charge in [-0.3, -0.25) is 9.78 Å². The third-order valence-corrected chi connectivity index (χ3v) is 3.20. The summed E-state index contributed by atoms with van der Waals surface area (Å²) in [5, 5.41) is 2.81. The second-order valence-corrected chi connectivity index (χ2v) is 4.67. The standard InChI is InChI=1S/C14H20N2O2/c17-14(11-18-13-7-2-1-3-8-13)16-10-12-6-4-5-9-15-12/h4-6,9,13H,1-3,7-8,10-11H2,(H,16,17). The second-order valence-electron chi connectivity index (χ2n) is 4.67. The van der Waals surface area contributed by atoms with Gasteiger partial charge in [-0.25, -0.2) is 0 Å². The molecule has 0 unspecified atom stereocenters. The topological polar surface area (TPSA) is 51.2 Å². The molecule has 4 nitrogen and oxygen atoms in total. The molecule has 1 N–H and O–H groups in total. The van der Waals surface area contributed by atoms with Gasteiger partial charge in [-0.15, -0.1) is 0 Å². The van der Waals surface area contributed by atoms with Gasteiger partial charge in [0.2, 0.25) is 5.91 Å². The van der Waals surface area contributed by atoms with E-state index in [1.54, 1.807) is 6.20 Å². The Balaban J connectivity index is 1.63. The zero-order valence-electron chi connectivity index (χ0n) is 10.6. The highest BCUT2D eigenvalue weighted by Crippen LogP contribution is 2.19. The smallest absolute Gasteiger partial charge is 0.246 e. The molecule has 1 saturated carbocycles. The number of nitrogens with one attached hydrogen (secondary N) is 1. The first-order valence-electron chi connectivity index (χ1n) is 6.63. The molecular weight excluding hydrogens is 228 g/mol. The largest absolute Gasteiger partial charge is 0.368 e. The van der Waals surface area contributed by atoms with Crippen LogP contribution in [-0.2, 0) is 16.1 Å². The first-order chi connectivity index (χ1) is 8.84. The molecule has 1 aromatic heterocycles. The van der Waals surface area contributed by atoms with Gasteiger partial charge in [0, 0.05) is 6.20 Å². The Labute approximate surface area is 108 Å². The van der Waals surface area contributed by atoms with Crippen LogP contribution < -0.4 is 5.32 Å². The van der Waals surface area contributed by atoms with Crippen LogP contribution in [0, 0.1) is 0 Å². The molecule has 4 heteroatoms. The number of amides is 1. The minimum atomic E-state index is -0.0637. The third-order valence-electron chi connectivity index (χ3n) is 3.20. The lowest BCUT2D eigenvalue weighted by molar-refractivity contribution is -0.128. The van der Waals surface area contributed by atoms with Crippen molar-refractivity contribution in [2.75, 3.05) is 6.61 Å². The van der Waals surface area contributed by atoms with Gasteiger partial charge in [-0.05, 0) is 25.0 Å². The van der Waals surface area contributed by atoms with E-state index < -0.39 is 0 Å². The quantitative estimate of drug-likeness (QED) is 0.867. The molecule has 0 bridgehead atoms. The van der Waals surface area contributed by atoms with Gasteiger partial charge >= 0.3 is 0 Å². The molecule has 0 aliphatic heterocycles. The van der Waals surface area contributed by atoms with Crippen LogP contribution in [0.2, 0.25) is 0 Å². The molecule has 1 heterocycles. The summed E-state index contributed by atoms with van der Waals surface area (Å²) < 4.78 is 5.60. The van der Waals surface area contributed by atoms with E-state index in [9.17, 15) is 4.79 Å². The minimum absolute atomic E-state index is 0.0637. The maximum absolute atomic E-state index is 11.6. The van der Waals surface area contributed by atoms with E-state index in [-0.39, 0.29) is 18.6 Å². The molecular formula is C14H20N2O2. The van der Waals surface area contributed by atoms with Crippen LogP contribution in [0.4, 0.5) is 0 Å². The van der Waals surface area contributed by atoms with E-state index >= 15 is 0 Å². The fraction of sp³-hybridized carbons (Fsp3) is 0.571. The summed E-state index contributed by atoms with van der Waals surface area (Å²) in [5.41, 5.74) is 0.864. The van der Waals surface area contributed by atoms with Crippen molar-refractivity contribution < 1.29 is 9.53 Å². The van der Waals surface area contributed by atoms with Crippen LogP contribution in [0.1, 0.15) is 37.8 Å². The Morgan fingerprint density at radius 3 is 2.89 bits per heavy atom. The normalized spacial score (nSPS) is 16.4. The maximum Gasteiger partial charge on any atom is 0.246 e. The summed E-state index contributed by atoms with van der Waals surface area (Å²) in [5.74, 6) is -0.0637. The number of carbonyl (C=O) groups is 1. The molecule has 98 valence electrons. The summed E-state index contributed by atoms with van der Waals surface area (Å²) >= 11 is 0. The zero-order valence-corrected chi connectivity index (χ0v) is 10.6. The number of nitrogens with zero attached hydrogens (tertiary/aromatic N) is 1. The molecule has 0 radical (unpaired) electrons. The van der Waals surface area contributed by atoms with Gasteiger partial charge in [0.15, 0.2) is 0 Å². The van der Waals surface area contributed by atoms with Crippen molar-refractivity contribution in [1.82, 2.24) is 10.3 Å². The maximum atomic E-state index is 11.6. The highest BCUT2D eigenvalue weighted by Gasteiger charge is 2.14. The van der Waals surface area contributed by atoms with Gasteiger partial charge in [0.25, 0.3) is 0 Å². The Kier molecular flexibility index (Phi) is 5.15. The molecule has 0 saturated heterocycles. The van der Waals surface area contributed by atoms with E-state index in [0.717, 1.165) is 18.5 Å². The van der Waals surface area contributed by atoms with Crippen LogP contribution in [-0.4, -0.2) is 23.6 Å². The monoisotopic (exact) mass is 248 g/mol. The minimum Gasteiger partial charge on any atom is -0.368 e. The van der Waals surface area contributed by atoms with Crippen molar-refractivity contribution in [3.8, 4) is 0 Å². The Morgan fingerprint density at radius 2 is 2.17 bits per heavy atom. The summed E-state index contributed by atoms with van der Waals surface area (Å²) in [6, 6.07) is 5.66. The van der Waals surface area contributed by atoms with Crippen LogP contribution in [0.5, 0.6) is 0 Å². The average Bonchev–Trinajstić information content (AvgIpc) is 2.45. The van der Waals surface area contributed by atoms with Crippen molar-refractivity contribution in [3.05, 3.63) is 30.1 Å². The third kappa shape index (κ3) is 4.45. The number of carbonyl (C=O) groups excluding carboxylic acids is 1. The fourth-order valence-electron chi connectivity index (χ4n) is 2.17. The summed E-state index contributed by atoms with van der Waals surface area (Å²) in [7, 11) is 0. The predicted octanol–water partition coefficient (Wildman–Crippen LogP) is 2.05. The second kappa shape index (κ2) is 7.11. The lowest BCUT2D eigenvalue weighted by Crippen LogP contribution is -2.30. The van der Waals surface area contributed by atoms with Crippen LogP contribution in [0.3, 0.4) is 0 Å². The summed E-state index contributed by atoms with van der Waals surface area (Å²) in [6.07, 6.45) is 7.92. The van der Waals surface area contributed by atoms with Gasteiger partial charge in [0.05, 0.1) is 18.3 Å². The van der Waals surface area contributed by atoms with Gasteiger partial charge in [-0.2, -0.15) is 0 Å². The van der Waals surface area contributed by atoms with Gasteiger partial charge in [0.1, 0.15) is 6.61 Å². The Bertz CT molecular complexity index is 361. The van der Waals surface area contributed by atoms with Gasteiger partial charge < -0.3 is 10.1 Å². The fourth-order valence-corrected chi connectivity index (χ4v) is 2.17. The Hall–Kier alpha value is -1.42. The number of hydrogen-bond donors (Lipinski definition) is 1. The first-order valence-corrected chi connectivity index (χ1v) is 6.63. The molecule has 1 aromatic rings. The van der Waals surface area contributed by atoms with Crippen LogP contribution in [0.15, 0.2) is 24.4 Å². The first kappa shape index (κ1) is 13.0. The summed E-state index contributed by atoms with van der Waals surface area (Å²) in [4.78, 5) is 15.7. The highest BCUT2D eigenvalue weighted by molar-refractivity contribution is 5.77. The molecule has 1 aliphatic rings. The van der Waals surface area contributed by atoms with Gasteiger partial charge in [-0.1, -0.05) is 25.3 Å². The van der Waals surface area contributed by atoms with Crippen molar-refractivity contribution in [1.29, 1.82) is 0 Å². The predicted molar refractivity (Wildman–Crippen MR) is 68.9 cm³/mol. The lowest BCUT2D eigenvalue weighted by atomic mass is 9.98.